The number of thioether (sulfide) groups is 1. The van der Waals surface area contributed by atoms with Crippen molar-refractivity contribution in [1.29, 1.82) is 0 Å². The molecule has 1 saturated heterocycles. The summed E-state index contributed by atoms with van der Waals surface area (Å²) in [6.07, 6.45) is 3.45. The zero-order chi connectivity index (χ0) is 20.9. The number of amides is 1. The number of rotatable bonds is 4. The van der Waals surface area contributed by atoms with Crippen molar-refractivity contribution in [3.05, 3.63) is 105 Å². The lowest BCUT2D eigenvalue weighted by Crippen LogP contribution is -2.28. The van der Waals surface area contributed by atoms with Gasteiger partial charge in [0.15, 0.2) is 0 Å². The molecule has 0 spiro atoms. The van der Waals surface area contributed by atoms with Gasteiger partial charge in [0, 0.05) is 10.0 Å². The van der Waals surface area contributed by atoms with Crippen molar-refractivity contribution in [2.45, 2.75) is 0 Å². The predicted molar refractivity (Wildman–Crippen MR) is 127 cm³/mol. The number of carbonyl (C=O) groups excluding carboxylic acids is 1. The molecule has 148 valence electrons. The van der Waals surface area contributed by atoms with E-state index in [4.69, 9.17) is 23.2 Å². The van der Waals surface area contributed by atoms with E-state index >= 15 is 0 Å². The summed E-state index contributed by atoms with van der Waals surface area (Å²) in [5.41, 5.74) is 2.48. The quantitative estimate of drug-likeness (QED) is 0.258. The number of anilines is 1. The van der Waals surface area contributed by atoms with Crippen LogP contribution in [0.15, 0.2) is 94.0 Å². The third-order valence-electron chi connectivity index (χ3n) is 4.21. The molecular formula is C23H15Cl2N3OS. The predicted octanol–water partition coefficient (Wildman–Crippen LogP) is 6.50. The topological polar surface area (TPSA) is 45.0 Å². The fourth-order valence-corrected chi connectivity index (χ4v) is 3.94. The van der Waals surface area contributed by atoms with Gasteiger partial charge in [0.1, 0.15) is 0 Å². The molecule has 0 aliphatic carbocycles. The molecule has 1 heterocycles. The summed E-state index contributed by atoms with van der Waals surface area (Å²) in [6, 6.07) is 24.0. The Hall–Kier alpha value is -2.86. The summed E-state index contributed by atoms with van der Waals surface area (Å²) >= 11 is 13.1. The number of hydrogen-bond donors (Lipinski definition) is 0. The minimum atomic E-state index is -0.151. The SMILES string of the molecule is O=C1/C(=C\c2ccc(Cl)cc2)S/C(=N/N=C/c2ccc(Cl)cc2)N1c1ccccc1. The van der Waals surface area contributed by atoms with Gasteiger partial charge in [0.25, 0.3) is 5.91 Å². The largest absolute Gasteiger partial charge is 0.271 e. The Bertz CT molecular complexity index is 1140. The molecule has 1 aliphatic heterocycles. The van der Waals surface area contributed by atoms with Gasteiger partial charge >= 0.3 is 0 Å². The van der Waals surface area contributed by atoms with Crippen molar-refractivity contribution in [2.24, 2.45) is 10.2 Å². The highest BCUT2D eigenvalue weighted by atomic mass is 35.5. The van der Waals surface area contributed by atoms with E-state index in [1.165, 1.54) is 11.8 Å². The lowest BCUT2D eigenvalue weighted by Gasteiger charge is -2.14. The van der Waals surface area contributed by atoms with Crippen molar-refractivity contribution in [3.8, 4) is 0 Å². The standard InChI is InChI=1S/C23H15Cl2N3OS/c24-18-10-6-16(7-11-18)14-21-22(29)28(20-4-2-1-3-5-20)23(30-21)27-26-15-17-8-12-19(25)13-9-17/h1-15H/b21-14+,26-15+,27-23+. The van der Waals surface area contributed by atoms with Crippen LogP contribution in [-0.2, 0) is 4.79 Å². The van der Waals surface area contributed by atoms with Crippen LogP contribution in [0.4, 0.5) is 5.69 Å². The smallest absolute Gasteiger partial charge is 0.268 e. The fraction of sp³-hybridized carbons (Fsp3) is 0. The number of halogens is 2. The van der Waals surface area contributed by atoms with Crippen molar-refractivity contribution < 1.29 is 4.79 Å². The summed E-state index contributed by atoms with van der Waals surface area (Å²) in [7, 11) is 0. The summed E-state index contributed by atoms with van der Waals surface area (Å²) in [5, 5.41) is 10.3. The molecular weight excluding hydrogens is 437 g/mol. The van der Waals surface area contributed by atoms with Crippen molar-refractivity contribution >= 4 is 64.0 Å². The molecule has 4 rings (SSSR count). The highest BCUT2D eigenvalue weighted by Crippen LogP contribution is 2.36. The lowest BCUT2D eigenvalue weighted by atomic mass is 10.2. The summed E-state index contributed by atoms with van der Waals surface area (Å²) in [5.74, 6) is -0.151. The number of para-hydroxylation sites is 1. The normalized spacial score (nSPS) is 16.9. The zero-order valence-electron chi connectivity index (χ0n) is 15.6. The van der Waals surface area contributed by atoms with E-state index in [1.54, 1.807) is 35.4 Å². The second-order valence-electron chi connectivity index (χ2n) is 6.32. The van der Waals surface area contributed by atoms with E-state index in [-0.39, 0.29) is 5.91 Å². The van der Waals surface area contributed by atoms with E-state index in [0.29, 0.717) is 20.1 Å². The highest BCUT2D eigenvalue weighted by molar-refractivity contribution is 8.19. The van der Waals surface area contributed by atoms with Crippen molar-refractivity contribution in [2.75, 3.05) is 4.90 Å². The Labute approximate surface area is 188 Å². The summed E-state index contributed by atoms with van der Waals surface area (Å²) in [4.78, 5) is 15.2. The van der Waals surface area contributed by atoms with Crippen molar-refractivity contribution in [1.82, 2.24) is 0 Å². The summed E-state index contributed by atoms with van der Waals surface area (Å²) < 4.78 is 0. The molecule has 0 atom stereocenters. The Morgan fingerprint density at radius 2 is 1.40 bits per heavy atom. The number of benzene rings is 3. The first kappa shape index (κ1) is 20.4. The maximum atomic E-state index is 13.1. The molecule has 1 fully saturated rings. The number of hydrogen-bond acceptors (Lipinski definition) is 4. The molecule has 0 unspecified atom stereocenters. The average molecular weight is 452 g/mol. The van der Waals surface area contributed by atoms with E-state index in [9.17, 15) is 4.79 Å². The van der Waals surface area contributed by atoms with Crippen LogP contribution in [0.2, 0.25) is 10.0 Å². The van der Waals surface area contributed by atoms with Crippen LogP contribution in [0.3, 0.4) is 0 Å². The minimum Gasteiger partial charge on any atom is -0.268 e. The van der Waals surface area contributed by atoms with Crippen LogP contribution in [0, 0.1) is 0 Å². The lowest BCUT2D eigenvalue weighted by molar-refractivity contribution is -0.113. The van der Waals surface area contributed by atoms with Gasteiger partial charge in [-0.15, -0.1) is 5.10 Å². The summed E-state index contributed by atoms with van der Waals surface area (Å²) in [6.45, 7) is 0. The van der Waals surface area contributed by atoms with Crippen LogP contribution in [-0.4, -0.2) is 17.3 Å². The van der Waals surface area contributed by atoms with E-state index in [2.05, 4.69) is 10.2 Å². The maximum absolute atomic E-state index is 13.1. The number of nitrogens with zero attached hydrogens (tertiary/aromatic N) is 3. The number of amidine groups is 1. The van der Waals surface area contributed by atoms with Gasteiger partial charge < -0.3 is 0 Å². The second kappa shape index (κ2) is 9.30. The molecule has 0 bridgehead atoms. The van der Waals surface area contributed by atoms with Gasteiger partial charge in [-0.1, -0.05) is 65.7 Å². The molecule has 0 N–H and O–H groups in total. The van der Waals surface area contributed by atoms with Gasteiger partial charge in [-0.25, -0.2) is 0 Å². The molecule has 3 aromatic rings. The first-order valence-electron chi connectivity index (χ1n) is 9.01. The number of carbonyl (C=O) groups is 1. The molecule has 0 saturated carbocycles. The zero-order valence-corrected chi connectivity index (χ0v) is 17.9. The average Bonchev–Trinajstić information content (AvgIpc) is 3.07. The van der Waals surface area contributed by atoms with Crippen LogP contribution >= 0.6 is 35.0 Å². The van der Waals surface area contributed by atoms with Crippen LogP contribution < -0.4 is 4.90 Å². The Balaban J connectivity index is 1.66. The minimum absolute atomic E-state index is 0.151. The Morgan fingerprint density at radius 3 is 2.03 bits per heavy atom. The Kier molecular flexibility index (Phi) is 6.33. The molecule has 4 nitrogen and oxygen atoms in total. The third-order valence-corrected chi connectivity index (χ3v) is 5.67. The van der Waals surface area contributed by atoms with E-state index < -0.39 is 0 Å². The van der Waals surface area contributed by atoms with E-state index in [1.807, 2.05) is 60.7 Å². The van der Waals surface area contributed by atoms with Gasteiger partial charge in [-0.3, -0.25) is 9.69 Å². The molecule has 0 aromatic heterocycles. The fourth-order valence-electron chi connectivity index (χ4n) is 2.75. The maximum Gasteiger partial charge on any atom is 0.271 e. The first-order valence-corrected chi connectivity index (χ1v) is 10.6. The molecule has 3 aromatic carbocycles. The Morgan fingerprint density at radius 1 is 0.800 bits per heavy atom. The van der Waals surface area contributed by atoms with Gasteiger partial charge in [0.2, 0.25) is 5.17 Å². The van der Waals surface area contributed by atoms with Gasteiger partial charge in [-0.05, 0) is 65.4 Å². The second-order valence-corrected chi connectivity index (χ2v) is 8.20. The molecule has 30 heavy (non-hydrogen) atoms. The van der Waals surface area contributed by atoms with Gasteiger partial charge in [0.05, 0.1) is 16.8 Å². The van der Waals surface area contributed by atoms with Crippen LogP contribution in [0.25, 0.3) is 6.08 Å². The van der Waals surface area contributed by atoms with Crippen LogP contribution in [0.5, 0.6) is 0 Å². The van der Waals surface area contributed by atoms with Crippen LogP contribution in [0.1, 0.15) is 11.1 Å². The first-order chi connectivity index (χ1) is 14.6. The van der Waals surface area contributed by atoms with E-state index in [0.717, 1.165) is 16.8 Å². The monoisotopic (exact) mass is 451 g/mol. The molecule has 1 amide bonds. The molecule has 1 aliphatic rings. The highest BCUT2D eigenvalue weighted by Gasteiger charge is 2.34. The van der Waals surface area contributed by atoms with Gasteiger partial charge in [-0.2, -0.15) is 5.10 Å². The molecule has 7 heteroatoms. The van der Waals surface area contributed by atoms with Crippen molar-refractivity contribution in [3.63, 3.8) is 0 Å². The third kappa shape index (κ3) is 4.82. The molecule has 0 radical (unpaired) electrons.